The van der Waals surface area contributed by atoms with Crippen LogP contribution in [0.2, 0.25) is 0 Å². The summed E-state index contributed by atoms with van der Waals surface area (Å²) < 4.78 is 0. The number of piperidine rings is 1. The van der Waals surface area contributed by atoms with Gasteiger partial charge in [-0.05, 0) is 31.5 Å². The van der Waals surface area contributed by atoms with E-state index in [1.807, 2.05) is 24.1 Å². The van der Waals surface area contributed by atoms with Gasteiger partial charge in [0, 0.05) is 45.0 Å². The van der Waals surface area contributed by atoms with Crippen LogP contribution in [0.25, 0.3) is 0 Å². The molecular weight excluding hydrogens is 292 g/mol. The van der Waals surface area contributed by atoms with E-state index in [9.17, 15) is 9.59 Å². The van der Waals surface area contributed by atoms with Gasteiger partial charge in [0.1, 0.15) is 0 Å². The molecule has 2 aliphatic heterocycles. The lowest BCUT2D eigenvalue weighted by Gasteiger charge is -2.35. The fraction of sp³-hybridized carbons (Fsp3) is 0.588. The number of nitrogens with zero attached hydrogens (tertiary/aromatic N) is 3. The smallest absolute Gasteiger partial charge is 0.228 e. The monoisotopic (exact) mass is 316 g/mol. The molecule has 1 aromatic rings. The zero-order chi connectivity index (χ0) is 16.4. The van der Waals surface area contributed by atoms with E-state index in [0.717, 1.165) is 31.5 Å². The van der Waals surface area contributed by atoms with Gasteiger partial charge in [0.15, 0.2) is 0 Å². The van der Waals surface area contributed by atoms with Crippen molar-refractivity contribution >= 4 is 11.8 Å². The molecule has 23 heavy (non-hydrogen) atoms. The Labute approximate surface area is 136 Å². The fourth-order valence-corrected chi connectivity index (χ4v) is 3.75. The molecule has 6 nitrogen and oxygen atoms in total. The van der Waals surface area contributed by atoms with Crippen LogP contribution in [0.15, 0.2) is 24.5 Å². The van der Waals surface area contributed by atoms with Crippen molar-refractivity contribution in [2.24, 2.45) is 5.92 Å². The Morgan fingerprint density at radius 2 is 2.26 bits per heavy atom. The zero-order valence-corrected chi connectivity index (χ0v) is 13.7. The highest BCUT2D eigenvalue weighted by molar-refractivity contribution is 5.90. The normalized spacial score (nSPS) is 28.3. The summed E-state index contributed by atoms with van der Waals surface area (Å²) in [5, 5.41) is 3.26. The van der Waals surface area contributed by atoms with Crippen molar-refractivity contribution in [2.75, 3.05) is 27.2 Å². The Hall–Kier alpha value is -1.95. The van der Waals surface area contributed by atoms with Crippen LogP contribution in [0.4, 0.5) is 0 Å². The highest BCUT2D eigenvalue weighted by atomic mass is 16.2. The van der Waals surface area contributed by atoms with E-state index in [-0.39, 0.29) is 30.2 Å². The summed E-state index contributed by atoms with van der Waals surface area (Å²) in [6, 6.07) is 3.93. The van der Waals surface area contributed by atoms with E-state index < -0.39 is 0 Å². The summed E-state index contributed by atoms with van der Waals surface area (Å²) in [5.41, 5.74) is 0.932. The third kappa shape index (κ3) is 3.08. The molecule has 1 N–H and O–H groups in total. The largest absolute Gasteiger partial charge is 0.341 e. The van der Waals surface area contributed by atoms with E-state index in [0.29, 0.717) is 6.04 Å². The molecule has 0 saturated carbocycles. The molecule has 0 aliphatic carbocycles. The number of aromatic nitrogens is 1. The van der Waals surface area contributed by atoms with Gasteiger partial charge in [0.05, 0.1) is 12.0 Å². The van der Waals surface area contributed by atoms with Crippen molar-refractivity contribution in [1.82, 2.24) is 20.1 Å². The lowest BCUT2D eigenvalue weighted by Crippen LogP contribution is -2.49. The molecule has 0 spiro atoms. The van der Waals surface area contributed by atoms with E-state index in [1.54, 1.807) is 24.3 Å². The van der Waals surface area contributed by atoms with Crippen molar-refractivity contribution in [3.05, 3.63) is 30.1 Å². The third-order valence-corrected chi connectivity index (χ3v) is 5.07. The Balaban J connectivity index is 1.82. The number of likely N-dealkylation sites (tertiary alicyclic amines) is 2. The highest BCUT2D eigenvalue weighted by Gasteiger charge is 2.44. The number of likely N-dealkylation sites (N-methyl/N-ethyl adjacent to an activating group) is 1. The minimum Gasteiger partial charge on any atom is -0.341 e. The van der Waals surface area contributed by atoms with Crippen LogP contribution >= 0.6 is 0 Å². The maximum absolute atomic E-state index is 13.0. The minimum atomic E-state index is -0.313. The minimum absolute atomic E-state index is 0.0272. The van der Waals surface area contributed by atoms with Gasteiger partial charge in [-0.3, -0.25) is 14.6 Å². The number of hydrogen-bond donors (Lipinski definition) is 1. The summed E-state index contributed by atoms with van der Waals surface area (Å²) in [5.74, 6) is -0.191. The average Bonchev–Trinajstić information content (AvgIpc) is 2.90. The quantitative estimate of drug-likeness (QED) is 0.896. The van der Waals surface area contributed by atoms with Gasteiger partial charge in [-0.1, -0.05) is 6.07 Å². The van der Waals surface area contributed by atoms with Gasteiger partial charge in [0.25, 0.3) is 0 Å². The van der Waals surface area contributed by atoms with Crippen molar-refractivity contribution in [3.63, 3.8) is 0 Å². The van der Waals surface area contributed by atoms with E-state index in [1.165, 1.54) is 0 Å². The molecule has 6 heteroatoms. The molecule has 2 amide bonds. The second-order valence-electron chi connectivity index (χ2n) is 6.46. The Kier molecular flexibility index (Phi) is 4.61. The number of amides is 2. The molecule has 0 bridgehead atoms. The van der Waals surface area contributed by atoms with Crippen molar-refractivity contribution in [2.45, 2.75) is 31.3 Å². The highest BCUT2D eigenvalue weighted by Crippen LogP contribution is 2.38. The molecule has 3 atom stereocenters. The number of hydrogen-bond acceptors (Lipinski definition) is 4. The van der Waals surface area contributed by atoms with Gasteiger partial charge in [-0.25, -0.2) is 0 Å². The third-order valence-electron chi connectivity index (χ3n) is 5.07. The molecule has 2 aliphatic rings. The van der Waals surface area contributed by atoms with E-state index >= 15 is 0 Å². The fourth-order valence-electron chi connectivity index (χ4n) is 3.75. The lowest BCUT2D eigenvalue weighted by atomic mass is 9.92. The first-order chi connectivity index (χ1) is 11.1. The molecule has 3 heterocycles. The molecule has 2 fully saturated rings. The lowest BCUT2D eigenvalue weighted by molar-refractivity contribution is -0.138. The van der Waals surface area contributed by atoms with Gasteiger partial charge < -0.3 is 15.1 Å². The topological polar surface area (TPSA) is 65.5 Å². The molecule has 0 aromatic carbocycles. The first kappa shape index (κ1) is 15.9. The number of rotatable bonds is 3. The molecule has 3 rings (SSSR count). The van der Waals surface area contributed by atoms with Crippen LogP contribution in [0.3, 0.4) is 0 Å². The predicted molar refractivity (Wildman–Crippen MR) is 86.5 cm³/mol. The first-order valence-electron chi connectivity index (χ1n) is 8.23. The van der Waals surface area contributed by atoms with Crippen molar-refractivity contribution < 1.29 is 9.59 Å². The Morgan fingerprint density at radius 1 is 1.43 bits per heavy atom. The molecule has 0 radical (unpaired) electrons. The summed E-state index contributed by atoms with van der Waals surface area (Å²) >= 11 is 0. The van der Waals surface area contributed by atoms with Gasteiger partial charge >= 0.3 is 0 Å². The molecule has 3 unspecified atom stereocenters. The maximum atomic E-state index is 13.0. The summed E-state index contributed by atoms with van der Waals surface area (Å²) in [6.07, 6.45) is 5.85. The van der Waals surface area contributed by atoms with Gasteiger partial charge in [-0.15, -0.1) is 0 Å². The number of nitrogens with one attached hydrogen (secondary N) is 1. The first-order valence-corrected chi connectivity index (χ1v) is 8.23. The zero-order valence-electron chi connectivity index (χ0n) is 13.7. The van der Waals surface area contributed by atoms with Crippen LogP contribution in [0.1, 0.15) is 30.9 Å². The van der Waals surface area contributed by atoms with Crippen LogP contribution in [-0.2, 0) is 9.59 Å². The SMILES string of the molecule is CNC1CCCN(C(=O)C2CC(=O)N(C)C2c2cccnc2)C1. The molecule has 124 valence electrons. The van der Waals surface area contributed by atoms with Gasteiger partial charge in [0.2, 0.25) is 11.8 Å². The van der Waals surface area contributed by atoms with Crippen LogP contribution < -0.4 is 5.32 Å². The van der Waals surface area contributed by atoms with Crippen LogP contribution in [0, 0.1) is 5.92 Å². The number of pyridine rings is 1. The predicted octanol–water partition coefficient (Wildman–Crippen LogP) is 0.811. The molecule has 2 saturated heterocycles. The second-order valence-corrected chi connectivity index (χ2v) is 6.46. The van der Waals surface area contributed by atoms with Crippen molar-refractivity contribution in [1.29, 1.82) is 0 Å². The maximum Gasteiger partial charge on any atom is 0.228 e. The average molecular weight is 316 g/mol. The molecular formula is C17H24N4O2. The summed E-state index contributed by atoms with van der Waals surface area (Å²) in [4.78, 5) is 33.0. The van der Waals surface area contributed by atoms with E-state index in [4.69, 9.17) is 0 Å². The summed E-state index contributed by atoms with van der Waals surface area (Å²) in [7, 11) is 3.71. The summed E-state index contributed by atoms with van der Waals surface area (Å²) in [6.45, 7) is 1.51. The van der Waals surface area contributed by atoms with Crippen LogP contribution in [-0.4, -0.2) is 59.8 Å². The Bertz CT molecular complexity index is 577. The van der Waals surface area contributed by atoms with Crippen LogP contribution in [0.5, 0.6) is 0 Å². The Morgan fingerprint density at radius 3 is 2.96 bits per heavy atom. The standard InChI is InChI=1S/C17H24N4O2/c1-18-13-6-4-8-21(11-13)17(23)14-9-15(22)20(2)16(14)12-5-3-7-19-10-12/h3,5,7,10,13-14,16,18H,4,6,8-9,11H2,1-2H3. The van der Waals surface area contributed by atoms with Crippen molar-refractivity contribution in [3.8, 4) is 0 Å². The van der Waals surface area contributed by atoms with Gasteiger partial charge in [-0.2, -0.15) is 0 Å². The number of carbonyl (C=O) groups is 2. The molecule has 1 aromatic heterocycles. The second kappa shape index (κ2) is 6.66. The number of carbonyl (C=O) groups excluding carboxylic acids is 2. The van der Waals surface area contributed by atoms with E-state index in [2.05, 4.69) is 10.3 Å².